The fraction of sp³-hybridized carbons (Fsp3) is 0.533. The van der Waals surface area contributed by atoms with Gasteiger partial charge in [-0.2, -0.15) is 0 Å². The second kappa shape index (κ2) is 7.91. The predicted octanol–water partition coefficient (Wildman–Crippen LogP) is 2.89. The van der Waals surface area contributed by atoms with Crippen LogP contribution in [-0.2, 0) is 4.79 Å². The number of hydrogen-bond donors (Lipinski definition) is 1. The lowest BCUT2D eigenvalue weighted by Gasteiger charge is -2.16. The highest BCUT2D eigenvalue weighted by atomic mass is 35.5. The highest BCUT2D eigenvalue weighted by Gasteiger charge is 2.25. The molecule has 0 radical (unpaired) electrons. The Morgan fingerprint density at radius 3 is 2.90 bits per heavy atom. The molecule has 5 heteroatoms. The summed E-state index contributed by atoms with van der Waals surface area (Å²) in [6.45, 7) is 2.82. The smallest absolute Gasteiger partial charge is 0.223 e. The van der Waals surface area contributed by atoms with Crippen molar-refractivity contribution in [2.24, 2.45) is 5.92 Å². The monoisotopic (exact) mass is 312 g/mol. The molecule has 0 saturated carbocycles. The second-order valence-electron chi connectivity index (χ2n) is 5.10. The molecule has 1 heterocycles. The molecule has 3 nitrogen and oxygen atoms in total. The molecule has 1 aromatic carbocycles. The van der Waals surface area contributed by atoms with Crippen molar-refractivity contribution in [2.75, 3.05) is 32.4 Å². The summed E-state index contributed by atoms with van der Waals surface area (Å²) in [7, 11) is 1.97. The van der Waals surface area contributed by atoms with E-state index in [1.54, 1.807) is 11.8 Å². The molecular formula is C15H21ClN2OS. The van der Waals surface area contributed by atoms with Crippen molar-refractivity contribution in [2.45, 2.75) is 17.7 Å². The SMILES string of the molecule is CNCC1CCN(C(=O)CCSc2ccc(Cl)cc2)C1. The highest BCUT2D eigenvalue weighted by molar-refractivity contribution is 7.99. The maximum Gasteiger partial charge on any atom is 0.223 e. The van der Waals surface area contributed by atoms with Crippen LogP contribution < -0.4 is 5.32 Å². The Kier molecular flexibility index (Phi) is 6.20. The van der Waals surface area contributed by atoms with Crippen LogP contribution in [-0.4, -0.2) is 43.2 Å². The molecular weight excluding hydrogens is 292 g/mol. The average molecular weight is 313 g/mol. The lowest BCUT2D eigenvalue weighted by Crippen LogP contribution is -2.30. The number of carbonyl (C=O) groups excluding carboxylic acids is 1. The van der Waals surface area contributed by atoms with Crippen LogP contribution in [0.4, 0.5) is 0 Å². The molecule has 2 rings (SSSR count). The number of rotatable bonds is 6. The Bertz CT molecular complexity index is 438. The number of likely N-dealkylation sites (tertiary alicyclic amines) is 1. The van der Waals surface area contributed by atoms with Gasteiger partial charge in [-0.05, 0) is 50.2 Å². The van der Waals surface area contributed by atoms with Crippen LogP contribution in [0, 0.1) is 5.92 Å². The average Bonchev–Trinajstić information content (AvgIpc) is 2.90. The molecule has 1 N–H and O–H groups in total. The maximum atomic E-state index is 12.1. The molecule has 0 aromatic heterocycles. The molecule has 1 saturated heterocycles. The minimum absolute atomic E-state index is 0.282. The third-order valence-electron chi connectivity index (χ3n) is 3.53. The third kappa shape index (κ3) is 4.69. The van der Waals surface area contributed by atoms with Crippen LogP contribution in [0.1, 0.15) is 12.8 Å². The largest absolute Gasteiger partial charge is 0.342 e. The van der Waals surface area contributed by atoms with E-state index in [9.17, 15) is 4.79 Å². The first-order valence-corrected chi connectivity index (χ1v) is 8.36. The van der Waals surface area contributed by atoms with Crippen LogP contribution in [0.25, 0.3) is 0 Å². The fourth-order valence-corrected chi connectivity index (χ4v) is 3.43. The molecule has 0 bridgehead atoms. The van der Waals surface area contributed by atoms with Gasteiger partial charge in [-0.15, -0.1) is 11.8 Å². The van der Waals surface area contributed by atoms with Crippen LogP contribution in [0.5, 0.6) is 0 Å². The first kappa shape index (κ1) is 15.7. The van der Waals surface area contributed by atoms with Gasteiger partial charge < -0.3 is 10.2 Å². The molecule has 0 aliphatic carbocycles. The molecule has 1 fully saturated rings. The number of nitrogens with zero attached hydrogens (tertiary/aromatic N) is 1. The lowest BCUT2D eigenvalue weighted by atomic mass is 10.1. The van der Waals surface area contributed by atoms with Crippen LogP contribution in [0.2, 0.25) is 5.02 Å². The Morgan fingerprint density at radius 2 is 2.20 bits per heavy atom. The van der Waals surface area contributed by atoms with E-state index >= 15 is 0 Å². The third-order valence-corrected chi connectivity index (χ3v) is 4.80. The van der Waals surface area contributed by atoms with Gasteiger partial charge in [0.25, 0.3) is 0 Å². The minimum Gasteiger partial charge on any atom is -0.342 e. The number of halogens is 1. The number of hydrogen-bond acceptors (Lipinski definition) is 3. The molecule has 1 unspecified atom stereocenters. The Morgan fingerprint density at radius 1 is 1.45 bits per heavy atom. The van der Waals surface area contributed by atoms with Gasteiger partial charge in [0.15, 0.2) is 0 Å². The highest BCUT2D eigenvalue weighted by Crippen LogP contribution is 2.22. The van der Waals surface area contributed by atoms with E-state index in [0.29, 0.717) is 12.3 Å². The summed E-state index contributed by atoms with van der Waals surface area (Å²) in [6, 6.07) is 7.76. The zero-order valence-electron chi connectivity index (χ0n) is 11.8. The molecule has 20 heavy (non-hydrogen) atoms. The standard InChI is InChI=1S/C15H21ClN2OS/c1-17-10-12-6-8-18(11-12)15(19)7-9-20-14-4-2-13(16)3-5-14/h2-5,12,17H,6-11H2,1H3. The second-order valence-corrected chi connectivity index (χ2v) is 6.71. The van der Waals surface area contributed by atoms with Gasteiger partial charge in [0.2, 0.25) is 5.91 Å². The summed E-state index contributed by atoms with van der Waals surface area (Å²) in [4.78, 5) is 15.3. The van der Waals surface area contributed by atoms with E-state index < -0.39 is 0 Å². The van der Waals surface area contributed by atoms with Gasteiger partial charge in [0, 0.05) is 35.2 Å². The molecule has 1 atom stereocenters. The first-order chi connectivity index (χ1) is 9.69. The summed E-state index contributed by atoms with van der Waals surface area (Å²) in [5, 5.41) is 3.93. The van der Waals surface area contributed by atoms with E-state index in [2.05, 4.69) is 5.32 Å². The summed E-state index contributed by atoms with van der Waals surface area (Å²) in [5.41, 5.74) is 0. The normalized spacial score (nSPS) is 18.5. The van der Waals surface area contributed by atoms with Crippen molar-refractivity contribution in [3.8, 4) is 0 Å². The zero-order chi connectivity index (χ0) is 14.4. The predicted molar refractivity (Wildman–Crippen MR) is 85.4 cm³/mol. The van der Waals surface area contributed by atoms with Crippen molar-refractivity contribution in [1.29, 1.82) is 0 Å². The quantitative estimate of drug-likeness (QED) is 0.820. The number of thioether (sulfide) groups is 1. The lowest BCUT2D eigenvalue weighted by molar-refractivity contribution is -0.129. The van der Waals surface area contributed by atoms with Crippen LogP contribution >= 0.6 is 23.4 Å². The molecule has 1 aliphatic heterocycles. The zero-order valence-corrected chi connectivity index (χ0v) is 13.3. The summed E-state index contributed by atoms with van der Waals surface area (Å²) >= 11 is 7.56. The summed E-state index contributed by atoms with van der Waals surface area (Å²) < 4.78 is 0. The Labute approximate surface area is 130 Å². The van der Waals surface area contributed by atoms with Crippen LogP contribution in [0.3, 0.4) is 0 Å². The number of amides is 1. The Balaban J connectivity index is 1.69. The maximum absolute atomic E-state index is 12.1. The number of carbonyl (C=O) groups is 1. The van der Waals surface area contributed by atoms with Crippen molar-refractivity contribution < 1.29 is 4.79 Å². The topological polar surface area (TPSA) is 32.3 Å². The van der Waals surface area contributed by atoms with Gasteiger partial charge in [0.05, 0.1) is 0 Å². The van der Waals surface area contributed by atoms with Gasteiger partial charge in [-0.3, -0.25) is 4.79 Å². The molecule has 110 valence electrons. The molecule has 1 aromatic rings. The van der Waals surface area contributed by atoms with Crippen molar-refractivity contribution in [1.82, 2.24) is 10.2 Å². The van der Waals surface area contributed by atoms with Crippen molar-refractivity contribution in [3.63, 3.8) is 0 Å². The van der Waals surface area contributed by atoms with E-state index in [1.807, 2.05) is 36.2 Å². The fourth-order valence-electron chi connectivity index (χ4n) is 2.46. The van der Waals surface area contributed by atoms with Gasteiger partial charge in [0.1, 0.15) is 0 Å². The summed E-state index contributed by atoms with van der Waals surface area (Å²) in [5.74, 6) is 1.73. The van der Waals surface area contributed by atoms with E-state index in [4.69, 9.17) is 11.6 Å². The van der Waals surface area contributed by atoms with E-state index in [-0.39, 0.29) is 5.91 Å². The van der Waals surface area contributed by atoms with E-state index in [0.717, 1.165) is 41.7 Å². The van der Waals surface area contributed by atoms with Crippen LogP contribution in [0.15, 0.2) is 29.2 Å². The van der Waals surface area contributed by atoms with E-state index in [1.165, 1.54) is 0 Å². The van der Waals surface area contributed by atoms with Gasteiger partial charge in [-0.1, -0.05) is 11.6 Å². The van der Waals surface area contributed by atoms with Crippen molar-refractivity contribution in [3.05, 3.63) is 29.3 Å². The number of nitrogens with one attached hydrogen (secondary N) is 1. The number of benzene rings is 1. The molecule has 1 aliphatic rings. The molecule has 1 amide bonds. The molecule has 0 spiro atoms. The first-order valence-electron chi connectivity index (χ1n) is 7.00. The van der Waals surface area contributed by atoms with Crippen molar-refractivity contribution >= 4 is 29.3 Å². The Hall–Kier alpha value is -0.710. The van der Waals surface area contributed by atoms with Gasteiger partial charge in [-0.25, -0.2) is 0 Å². The van der Waals surface area contributed by atoms with Gasteiger partial charge >= 0.3 is 0 Å². The summed E-state index contributed by atoms with van der Waals surface area (Å²) in [6.07, 6.45) is 1.73. The minimum atomic E-state index is 0.282.